The summed E-state index contributed by atoms with van der Waals surface area (Å²) in [5, 5.41) is 15.1. The molecule has 242 valence electrons. The number of hydrogen-bond donors (Lipinski definition) is 0. The van der Waals surface area contributed by atoms with E-state index in [1.165, 1.54) is 107 Å². The van der Waals surface area contributed by atoms with Crippen molar-refractivity contribution in [1.29, 1.82) is 0 Å². The molecule has 9 aromatic carbocycles. The molecule has 0 radical (unpaired) electrons. The maximum absolute atomic E-state index is 2.35. The first-order valence-electron chi connectivity index (χ1n) is 17.8. The molecule has 2 heterocycles. The molecule has 0 spiro atoms. The van der Waals surface area contributed by atoms with E-state index in [1.807, 2.05) is 22.7 Å². The summed E-state index contributed by atoms with van der Waals surface area (Å²) in [6, 6.07) is 65.1. The summed E-state index contributed by atoms with van der Waals surface area (Å²) in [5.41, 5.74) is 9.07. The van der Waals surface area contributed by atoms with Gasteiger partial charge in [0.25, 0.3) is 0 Å². The summed E-state index contributed by atoms with van der Waals surface area (Å²) in [4.78, 5) is 1.31. The average molecular weight is 695 g/mol. The van der Waals surface area contributed by atoms with Gasteiger partial charge < -0.3 is 0 Å². The third-order valence-corrected chi connectivity index (χ3v) is 12.8. The molecule has 2 aromatic heterocycles. The summed E-state index contributed by atoms with van der Waals surface area (Å²) in [5.74, 6) is 0. The van der Waals surface area contributed by atoms with E-state index < -0.39 is 0 Å². The molecule has 0 saturated carbocycles. The largest absolute Gasteiger partial charge is 0.144 e. The Hall–Kier alpha value is -6.06. The minimum absolute atomic E-state index is 1.25. The molecule has 0 amide bonds. The van der Waals surface area contributed by atoms with Crippen molar-refractivity contribution in [1.82, 2.24) is 0 Å². The molecule has 11 aromatic rings. The molecule has 0 aliphatic rings. The summed E-state index contributed by atoms with van der Waals surface area (Å²) in [7, 11) is 0. The van der Waals surface area contributed by atoms with Crippen LogP contribution < -0.4 is 0 Å². The molecular weight excluding hydrogens is 665 g/mol. The molecule has 0 saturated heterocycles. The van der Waals surface area contributed by atoms with Gasteiger partial charge in [0.05, 0.1) is 0 Å². The topological polar surface area (TPSA) is 0 Å². The molecule has 0 nitrogen and oxygen atoms in total. The Balaban J connectivity index is 1.25. The second-order valence-corrected chi connectivity index (χ2v) is 15.5. The van der Waals surface area contributed by atoms with Gasteiger partial charge in [0.1, 0.15) is 0 Å². The van der Waals surface area contributed by atoms with Crippen molar-refractivity contribution < 1.29 is 0 Å². The molecule has 0 bridgehead atoms. The van der Waals surface area contributed by atoms with Gasteiger partial charge in [-0.2, -0.15) is 0 Å². The Morgan fingerprint density at radius 3 is 1.33 bits per heavy atom. The smallest absolute Gasteiger partial charge is 0.0434 e. The van der Waals surface area contributed by atoms with Crippen LogP contribution in [-0.2, 0) is 0 Å². The number of rotatable bonds is 4. The third kappa shape index (κ3) is 4.32. The maximum atomic E-state index is 2.35. The van der Waals surface area contributed by atoms with E-state index in [-0.39, 0.29) is 0 Å². The zero-order valence-electron chi connectivity index (χ0n) is 28.1. The van der Waals surface area contributed by atoms with Crippen LogP contribution in [0.2, 0.25) is 0 Å². The Labute approximate surface area is 309 Å². The van der Waals surface area contributed by atoms with E-state index >= 15 is 0 Å². The van der Waals surface area contributed by atoms with E-state index in [0.29, 0.717) is 0 Å². The summed E-state index contributed by atoms with van der Waals surface area (Å²) in [6.07, 6.45) is 0. The van der Waals surface area contributed by atoms with E-state index in [4.69, 9.17) is 0 Å². The van der Waals surface area contributed by atoms with Crippen LogP contribution >= 0.6 is 22.7 Å². The molecule has 0 unspecified atom stereocenters. The summed E-state index contributed by atoms with van der Waals surface area (Å²) >= 11 is 3.74. The Morgan fingerprint density at radius 2 is 0.769 bits per heavy atom. The zero-order chi connectivity index (χ0) is 34.2. The quantitative estimate of drug-likeness (QED) is 0.161. The molecule has 52 heavy (non-hydrogen) atoms. The normalized spacial score (nSPS) is 11.8. The molecule has 0 atom stereocenters. The van der Waals surface area contributed by atoms with Gasteiger partial charge in [-0.15, -0.1) is 22.7 Å². The molecule has 0 fully saturated rings. The Morgan fingerprint density at radius 1 is 0.308 bits per heavy atom. The van der Waals surface area contributed by atoms with Crippen LogP contribution in [0, 0.1) is 0 Å². The summed E-state index contributed by atoms with van der Waals surface area (Å²) < 4.78 is 2.64. The lowest BCUT2D eigenvalue weighted by Crippen LogP contribution is -1.91. The standard InChI is InChI=1S/C50H30S2/c1-2-15-31(16-3-1)45-32-17-4-6-19-34(32)46(35-20-7-5-18-33(35)45)40-25-13-28-44-49(40)42-27-12-26-41(50(42)52-44)47-36-21-8-10-23-38(36)48(43-29-14-30-51-43)39-24-11-9-22-37(39)47/h1-30H. The first-order chi connectivity index (χ1) is 25.8. The van der Waals surface area contributed by atoms with E-state index in [2.05, 4.69) is 181 Å². The van der Waals surface area contributed by atoms with Crippen molar-refractivity contribution in [2.75, 3.05) is 0 Å². The molecular formula is C50H30S2. The highest BCUT2D eigenvalue weighted by atomic mass is 32.1. The lowest BCUT2D eigenvalue weighted by Gasteiger charge is -2.18. The van der Waals surface area contributed by atoms with Crippen molar-refractivity contribution in [3.63, 3.8) is 0 Å². The van der Waals surface area contributed by atoms with Gasteiger partial charge in [-0.3, -0.25) is 0 Å². The van der Waals surface area contributed by atoms with Gasteiger partial charge in [0.15, 0.2) is 0 Å². The van der Waals surface area contributed by atoms with Crippen LogP contribution in [0.3, 0.4) is 0 Å². The molecule has 11 rings (SSSR count). The van der Waals surface area contributed by atoms with Crippen molar-refractivity contribution in [3.8, 4) is 43.8 Å². The van der Waals surface area contributed by atoms with Gasteiger partial charge in [0.2, 0.25) is 0 Å². The second-order valence-electron chi connectivity index (χ2n) is 13.5. The predicted octanol–water partition coefficient (Wildman–Crippen LogP) is 15.4. The first kappa shape index (κ1) is 29.6. The number of fused-ring (bicyclic) bond motifs is 7. The van der Waals surface area contributed by atoms with E-state index in [1.54, 1.807) is 0 Å². The fraction of sp³-hybridized carbons (Fsp3) is 0. The Kier molecular flexibility index (Phi) is 6.70. The summed E-state index contributed by atoms with van der Waals surface area (Å²) in [6.45, 7) is 0. The second kappa shape index (κ2) is 11.7. The lowest BCUT2D eigenvalue weighted by atomic mass is 9.84. The van der Waals surface area contributed by atoms with Crippen molar-refractivity contribution >= 4 is 85.9 Å². The van der Waals surface area contributed by atoms with E-state index in [9.17, 15) is 0 Å². The van der Waals surface area contributed by atoms with Crippen molar-refractivity contribution in [2.45, 2.75) is 0 Å². The minimum Gasteiger partial charge on any atom is -0.144 e. The van der Waals surface area contributed by atoms with Crippen LogP contribution in [-0.4, -0.2) is 0 Å². The highest BCUT2D eigenvalue weighted by Gasteiger charge is 2.22. The van der Waals surface area contributed by atoms with Crippen LogP contribution in [0.1, 0.15) is 0 Å². The predicted molar refractivity (Wildman–Crippen MR) is 229 cm³/mol. The minimum atomic E-state index is 1.25. The molecule has 0 aliphatic heterocycles. The van der Waals surface area contributed by atoms with Gasteiger partial charge in [-0.1, -0.05) is 164 Å². The maximum Gasteiger partial charge on any atom is 0.0434 e. The zero-order valence-corrected chi connectivity index (χ0v) is 29.8. The third-order valence-electron chi connectivity index (χ3n) is 10.8. The monoisotopic (exact) mass is 694 g/mol. The number of thiophene rings is 2. The fourth-order valence-electron chi connectivity index (χ4n) is 8.69. The fourth-order valence-corrected chi connectivity index (χ4v) is 10.7. The van der Waals surface area contributed by atoms with Gasteiger partial charge >= 0.3 is 0 Å². The van der Waals surface area contributed by atoms with E-state index in [0.717, 1.165) is 0 Å². The molecule has 0 N–H and O–H groups in total. The van der Waals surface area contributed by atoms with Gasteiger partial charge in [-0.25, -0.2) is 0 Å². The van der Waals surface area contributed by atoms with Gasteiger partial charge in [0, 0.05) is 36.2 Å². The highest BCUT2D eigenvalue weighted by molar-refractivity contribution is 7.26. The highest BCUT2D eigenvalue weighted by Crippen LogP contribution is 2.51. The molecule has 2 heteroatoms. The first-order valence-corrected chi connectivity index (χ1v) is 19.5. The average Bonchev–Trinajstić information content (AvgIpc) is 3.88. The van der Waals surface area contributed by atoms with Crippen LogP contribution in [0.5, 0.6) is 0 Å². The number of benzene rings is 9. The SMILES string of the molecule is c1ccc(-c2c3ccccc3c(-c3cccc4sc5c(-c6c7ccccc7c(-c7cccs7)c7ccccc67)cccc5c34)c3ccccc23)cc1. The Bertz CT molecular complexity index is 3050. The number of hydrogen-bond acceptors (Lipinski definition) is 2. The van der Waals surface area contributed by atoms with Crippen molar-refractivity contribution in [2.24, 2.45) is 0 Å². The van der Waals surface area contributed by atoms with Gasteiger partial charge in [-0.05, 0) is 88.4 Å². The van der Waals surface area contributed by atoms with Crippen molar-refractivity contribution in [3.05, 3.63) is 181 Å². The lowest BCUT2D eigenvalue weighted by molar-refractivity contribution is 1.67. The molecule has 0 aliphatic carbocycles. The van der Waals surface area contributed by atoms with Crippen LogP contribution in [0.15, 0.2) is 181 Å². The van der Waals surface area contributed by atoms with Crippen LogP contribution in [0.25, 0.3) is 107 Å². The van der Waals surface area contributed by atoms with Crippen LogP contribution in [0.4, 0.5) is 0 Å².